The smallest absolute Gasteiger partial charge is 0.234 e. The van der Waals surface area contributed by atoms with E-state index < -0.39 is 0 Å². The van der Waals surface area contributed by atoms with Crippen molar-refractivity contribution in [2.24, 2.45) is 11.8 Å². The van der Waals surface area contributed by atoms with Crippen LogP contribution in [0, 0.1) is 11.8 Å². The summed E-state index contributed by atoms with van der Waals surface area (Å²) in [6.07, 6.45) is 4.75. The molecule has 5 nitrogen and oxygen atoms in total. The summed E-state index contributed by atoms with van der Waals surface area (Å²) in [6.45, 7) is 5.97. The second-order valence-corrected chi connectivity index (χ2v) is 6.44. The van der Waals surface area contributed by atoms with Crippen LogP contribution in [0.3, 0.4) is 0 Å². The van der Waals surface area contributed by atoms with Crippen molar-refractivity contribution >= 4 is 5.91 Å². The molecule has 3 aliphatic rings. The minimum atomic E-state index is -0.0498. The Labute approximate surface area is 121 Å². The quantitative estimate of drug-likeness (QED) is 0.817. The number of piperidine rings is 1. The first-order valence-electron chi connectivity index (χ1n) is 7.97. The van der Waals surface area contributed by atoms with Crippen molar-refractivity contribution in [3.63, 3.8) is 0 Å². The van der Waals surface area contributed by atoms with Gasteiger partial charge in [-0.15, -0.1) is 0 Å². The number of carbonyl (C=O) groups excluding carboxylic acids is 1. The van der Waals surface area contributed by atoms with Gasteiger partial charge < -0.3 is 14.8 Å². The Morgan fingerprint density at radius 2 is 2.05 bits per heavy atom. The highest BCUT2D eigenvalue weighted by molar-refractivity contribution is 5.78. The van der Waals surface area contributed by atoms with Crippen molar-refractivity contribution in [3.05, 3.63) is 0 Å². The van der Waals surface area contributed by atoms with E-state index in [0.29, 0.717) is 37.6 Å². The van der Waals surface area contributed by atoms with Gasteiger partial charge in [0.1, 0.15) is 0 Å². The van der Waals surface area contributed by atoms with Crippen LogP contribution in [0.1, 0.15) is 32.6 Å². The molecule has 5 heteroatoms. The molecule has 0 spiro atoms. The summed E-state index contributed by atoms with van der Waals surface area (Å²) in [5.41, 5.74) is 0. The van der Waals surface area contributed by atoms with E-state index in [1.807, 2.05) is 0 Å². The Bertz CT molecular complexity index is 340. The van der Waals surface area contributed by atoms with Crippen molar-refractivity contribution in [2.75, 3.05) is 32.8 Å². The predicted octanol–water partition coefficient (Wildman–Crippen LogP) is 0.986. The van der Waals surface area contributed by atoms with E-state index in [1.165, 1.54) is 12.8 Å². The summed E-state index contributed by atoms with van der Waals surface area (Å²) < 4.78 is 11.2. The average Bonchev–Trinajstić information content (AvgIpc) is 3.14. The van der Waals surface area contributed by atoms with Gasteiger partial charge in [-0.3, -0.25) is 9.69 Å². The van der Waals surface area contributed by atoms with Crippen molar-refractivity contribution in [1.29, 1.82) is 0 Å². The molecule has 2 aliphatic heterocycles. The van der Waals surface area contributed by atoms with Gasteiger partial charge in [0.25, 0.3) is 0 Å². The third-order valence-electron chi connectivity index (χ3n) is 4.66. The third kappa shape index (κ3) is 3.71. The molecule has 0 aromatic heterocycles. The zero-order valence-corrected chi connectivity index (χ0v) is 12.3. The fourth-order valence-corrected chi connectivity index (χ4v) is 3.32. The molecule has 0 radical (unpaired) electrons. The molecule has 0 aromatic rings. The van der Waals surface area contributed by atoms with Gasteiger partial charge in [0.15, 0.2) is 6.29 Å². The Morgan fingerprint density at radius 1 is 1.30 bits per heavy atom. The third-order valence-corrected chi connectivity index (χ3v) is 4.66. The molecule has 1 saturated carbocycles. The van der Waals surface area contributed by atoms with Crippen molar-refractivity contribution in [3.8, 4) is 0 Å². The summed E-state index contributed by atoms with van der Waals surface area (Å²) in [4.78, 5) is 14.3. The second kappa shape index (κ2) is 6.41. The van der Waals surface area contributed by atoms with Crippen LogP contribution in [-0.4, -0.2) is 56.0 Å². The first kappa shape index (κ1) is 14.3. The monoisotopic (exact) mass is 282 g/mol. The van der Waals surface area contributed by atoms with Gasteiger partial charge in [-0.2, -0.15) is 0 Å². The van der Waals surface area contributed by atoms with Gasteiger partial charge in [0.2, 0.25) is 5.91 Å². The first-order valence-corrected chi connectivity index (χ1v) is 7.97. The van der Waals surface area contributed by atoms with Crippen molar-refractivity contribution in [1.82, 2.24) is 10.2 Å². The molecule has 0 bridgehead atoms. The maximum absolute atomic E-state index is 12.1. The van der Waals surface area contributed by atoms with Crippen LogP contribution in [0.4, 0.5) is 0 Å². The SMILES string of the molecule is CC(NC(=O)CN1CCCC(C2OCCO2)C1)C1CC1. The zero-order valence-electron chi connectivity index (χ0n) is 12.3. The number of hydrogen-bond acceptors (Lipinski definition) is 4. The highest BCUT2D eigenvalue weighted by Gasteiger charge is 2.32. The van der Waals surface area contributed by atoms with E-state index in [9.17, 15) is 4.79 Å². The van der Waals surface area contributed by atoms with Crippen LogP contribution in [0.2, 0.25) is 0 Å². The van der Waals surface area contributed by atoms with E-state index in [0.717, 1.165) is 25.9 Å². The van der Waals surface area contributed by atoms with E-state index in [2.05, 4.69) is 17.1 Å². The lowest BCUT2D eigenvalue weighted by Crippen LogP contribution is -2.47. The molecule has 1 amide bonds. The predicted molar refractivity (Wildman–Crippen MR) is 75.2 cm³/mol. The summed E-state index contributed by atoms with van der Waals surface area (Å²) in [5, 5.41) is 3.13. The minimum absolute atomic E-state index is 0.0498. The lowest BCUT2D eigenvalue weighted by Gasteiger charge is -2.34. The van der Waals surface area contributed by atoms with Crippen molar-refractivity contribution in [2.45, 2.75) is 44.9 Å². The lowest BCUT2D eigenvalue weighted by molar-refractivity contribution is -0.126. The Morgan fingerprint density at radius 3 is 2.75 bits per heavy atom. The van der Waals surface area contributed by atoms with Gasteiger partial charge >= 0.3 is 0 Å². The summed E-state index contributed by atoms with van der Waals surface area (Å²) in [7, 11) is 0. The number of nitrogens with zero attached hydrogens (tertiary/aromatic N) is 1. The molecule has 3 rings (SSSR count). The Kier molecular flexibility index (Phi) is 4.58. The minimum Gasteiger partial charge on any atom is -0.352 e. The molecule has 1 aliphatic carbocycles. The maximum Gasteiger partial charge on any atom is 0.234 e. The van der Waals surface area contributed by atoms with Gasteiger partial charge in [-0.25, -0.2) is 0 Å². The fourth-order valence-electron chi connectivity index (χ4n) is 3.32. The van der Waals surface area contributed by atoms with E-state index >= 15 is 0 Å². The average molecular weight is 282 g/mol. The van der Waals surface area contributed by atoms with Gasteiger partial charge in [-0.05, 0) is 45.1 Å². The van der Waals surface area contributed by atoms with Crippen LogP contribution in [-0.2, 0) is 14.3 Å². The molecule has 2 atom stereocenters. The second-order valence-electron chi connectivity index (χ2n) is 6.44. The van der Waals surface area contributed by atoms with Gasteiger partial charge in [0.05, 0.1) is 19.8 Å². The molecule has 3 fully saturated rings. The van der Waals surface area contributed by atoms with Crippen LogP contribution in [0.15, 0.2) is 0 Å². The Hall–Kier alpha value is -0.650. The summed E-state index contributed by atoms with van der Waals surface area (Å²) in [6, 6.07) is 0.338. The number of nitrogens with one attached hydrogen (secondary N) is 1. The molecule has 0 aromatic carbocycles. The number of hydrogen-bond donors (Lipinski definition) is 1. The van der Waals surface area contributed by atoms with Gasteiger partial charge in [-0.1, -0.05) is 0 Å². The van der Waals surface area contributed by atoms with Crippen LogP contribution in [0.5, 0.6) is 0 Å². The van der Waals surface area contributed by atoms with E-state index in [4.69, 9.17) is 9.47 Å². The number of amides is 1. The molecule has 20 heavy (non-hydrogen) atoms. The molecule has 2 saturated heterocycles. The molecule has 2 heterocycles. The van der Waals surface area contributed by atoms with Crippen molar-refractivity contribution < 1.29 is 14.3 Å². The number of rotatable bonds is 5. The van der Waals surface area contributed by atoms with Crippen LogP contribution >= 0.6 is 0 Å². The van der Waals surface area contributed by atoms with Crippen LogP contribution in [0.25, 0.3) is 0 Å². The van der Waals surface area contributed by atoms with E-state index in [1.54, 1.807) is 0 Å². The summed E-state index contributed by atoms with van der Waals surface area (Å²) >= 11 is 0. The highest BCUT2D eigenvalue weighted by Crippen LogP contribution is 2.32. The molecule has 114 valence electrons. The number of carbonyl (C=O) groups is 1. The normalized spacial score (nSPS) is 30.4. The Balaban J connectivity index is 1.43. The largest absolute Gasteiger partial charge is 0.352 e. The lowest BCUT2D eigenvalue weighted by atomic mass is 9.97. The molecular weight excluding hydrogens is 256 g/mol. The van der Waals surface area contributed by atoms with E-state index in [-0.39, 0.29) is 12.2 Å². The van der Waals surface area contributed by atoms with Gasteiger partial charge in [0, 0.05) is 18.5 Å². The van der Waals surface area contributed by atoms with Crippen LogP contribution < -0.4 is 5.32 Å². The molecule has 2 unspecified atom stereocenters. The number of ether oxygens (including phenoxy) is 2. The summed E-state index contributed by atoms with van der Waals surface area (Å²) in [5.74, 6) is 1.30. The maximum atomic E-state index is 12.1. The topological polar surface area (TPSA) is 50.8 Å². The zero-order chi connectivity index (χ0) is 13.9. The number of likely N-dealkylation sites (tertiary alicyclic amines) is 1. The fraction of sp³-hybridized carbons (Fsp3) is 0.933. The molecular formula is C15H26N2O3. The standard InChI is InChI=1S/C15H26N2O3/c1-11(12-4-5-12)16-14(18)10-17-6-2-3-13(9-17)15-19-7-8-20-15/h11-13,15H,2-10H2,1H3,(H,16,18). The highest BCUT2D eigenvalue weighted by atomic mass is 16.7. The molecule has 1 N–H and O–H groups in total. The first-order chi connectivity index (χ1) is 9.72.